The molecule has 2 aromatic carbocycles. The molecule has 0 aromatic heterocycles. The molecule has 21 heavy (non-hydrogen) atoms. The quantitative estimate of drug-likeness (QED) is 0.482. The van der Waals surface area contributed by atoms with Gasteiger partial charge in [0.15, 0.2) is 0 Å². The van der Waals surface area contributed by atoms with Crippen molar-refractivity contribution in [2.45, 2.75) is 0 Å². The molecule has 0 heterocycles. The zero-order valence-corrected chi connectivity index (χ0v) is 11.2. The smallest absolute Gasteiger partial charge is 0.148 e. The van der Waals surface area contributed by atoms with E-state index in [0.29, 0.717) is 5.75 Å². The highest BCUT2D eigenvalue weighted by molar-refractivity contribution is 5.89. The van der Waals surface area contributed by atoms with Gasteiger partial charge in [0.2, 0.25) is 0 Å². The highest BCUT2D eigenvalue weighted by Crippen LogP contribution is 2.21. The lowest BCUT2D eigenvalue weighted by molar-refractivity contribution is 0.370. The Morgan fingerprint density at radius 2 is 1.90 bits per heavy atom. The molecule has 0 bridgehead atoms. The fraction of sp³-hybridized carbons (Fsp3) is 0.0556. The van der Waals surface area contributed by atoms with Crippen molar-refractivity contribution in [1.29, 1.82) is 5.26 Å². The maximum absolute atomic E-state index is 13.7. The van der Waals surface area contributed by atoms with E-state index in [1.807, 2.05) is 6.07 Å². The Labute approximate surface area is 123 Å². The summed E-state index contributed by atoms with van der Waals surface area (Å²) in [4.78, 5) is 0. The molecule has 0 radical (unpaired) electrons. The topological polar surface area (TPSA) is 33.0 Å². The SMILES string of the molecule is C#CCOc1ccc(/C=C(/C#N)c2ccccc2F)cc1. The van der Waals surface area contributed by atoms with Gasteiger partial charge in [-0.1, -0.05) is 36.3 Å². The molecule has 0 N–H and O–H groups in total. The van der Waals surface area contributed by atoms with E-state index in [-0.39, 0.29) is 17.7 Å². The number of allylic oxidation sites excluding steroid dienone is 1. The molecule has 3 heteroatoms. The molecule has 0 aliphatic rings. The second-order valence-corrected chi connectivity index (χ2v) is 4.21. The Morgan fingerprint density at radius 1 is 1.19 bits per heavy atom. The van der Waals surface area contributed by atoms with Crippen molar-refractivity contribution in [3.8, 4) is 24.2 Å². The number of terminal acetylenes is 1. The van der Waals surface area contributed by atoms with Crippen LogP contribution in [0.4, 0.5) is 4.39 Å². The van der Waals surface area contributed by atoms with Crippen molar-refractivity contribution in [2.75, 3.05) is 6.61 Å². The summed E-state index contributed by atoms with van der Waals surface area (Å²) in [5.74, 6) is 2.61. The number of nitriles is 1. The van der Waals surface area contributed by atoms with Crippen molar-refractivity contribution in [2.24, 2.45) is 0 Å². The van der Waals surface area contributed by atoms with E-state index >= 15 is 0 Å². The van der Waals surface area contributed by atoms with E-state index in [0.717, 1.165) is 5.56 Å². The monoisotopic (exact) mass is 277 g/mol. The minimum atomic E-state index is -0.417. The van der Waals surface area contributed by atoms with Crippen LogP contribution in [0.2, 0.25) is 0 Å². The molecule has 0 unspecified atom stereocenters. The lowest BCUT2D eigenvalue weighted by Crippen LogP contribution is -1.92. The van der Waals surface area contributed by atoms with Crippen LogP contribution in [0.15, 0.2) is 48.5 Å². The van der Waals surface area contributed by atoms with Crippen molar-refractivity contribution in [3.63, 3.8) is 0 Å². The molecule has 0 saturated heterocycles. The van der Waals surface area contributed by atoms with Crippen LogP contribution in [0.5, 0.6) is 5.75 Å². The van der Waals surface area contributed by atoms with E-state index in [1.54, 1.807) is 48.5 Å². The van der Waals surface area contributed by atoms with Crippen LogP contribution in [0, 0.1) is 29.5 Å². The Balaban J connectivity index is 2.27. The molecule has 2 nitrogen and oxygen atoms in total. The Hall–Kier alpha value is -3.04. The van der Waals surface area contributed by atoms with Crippen LogP contribution in [0.1, 0.15) is 11.1 Å². The Bertz CT molecular complexity index is 733. The minimum Gasteiger partial charge on any atom is -0.481 e. The maximum Gasteiger partial charge on any atom is 0.148 e. The zero-order chi connectivity index (χ0) is 15.1. The van der Waals surface area contributed by atoms with Gasteiger partial charge in [0, 0.05) is 5.56 Å². The molecule has 0 aliphatic carbocycles. The van der Waals surface area contributed by atoms with Crippen molar-refractivity contribution < 1.29 is 9.13 Å². The molecule has 0 amide bonds. The fourth-order valence-corrected chi connectivity index (χ4v) is 1.80. The summed E-state index contributed by atoms with van der Waals surface area (Å²) in [5, 5.41) is 9.20. The number of hydrogen-bond acceptors (Lipinski definition) is 2. The molecular formula is C18H12FNO. The lowest BCUT2D eigenvalue weighted by atomic mass is 10.0. The van der Waals surface area contributed by atoms with Crippen LogP contribution < -0.4 is 4.74 Å². The largest absolute Gasteiger partial charge is 0.481 e. The molecular weight excluding hydrogens is 265 g/mol. The summed E-state index contributed by atoms with van der Waals surface area (Å²) in [6, 6.07) is 15.3. The standard InChI is InChI=1S/C18H12FNO/c1-2-11-21-16-9-7-14(8-10-16)12-15(13-20)17-5-3-4-6-18(17)19/h1,3-10,12H,11H2/b15-12-. The van der Waals surface area contributed by atoms with Gasteiger partial charge in [0.25, 0.3) is 0 Å². The molecule has 2 aromatic rings. The van der Waals surface area contributed by atoms with Gasteiger partial charge in [-0.05, 0) is 29.8 Å². The number of nitrogens with zero attached hydrogens (tertiary/aromatic N) is 1. The molecule has 0 fully saturated rings. The first-order valence-corrected chi connectivity index (χ1v) is 6.27. The molecule has 0 spiro atoms. The van der Waals surface area contributed by atoms with Crippen molar-refractivity contribution in [1.82, 2.24) is 0 Å². The van der Waals surface area contributed by atoms with Gasteiger partial charge in [-0.25, -0.2) is 4.39 Å². The number of hydrogen-bond donors (Lipinski definition) is 0. The molecule has 2 rings (SSSR count). The molecule has 0 saturated carbocycles. The van der Waals surface area contributed by atoms with Crippen LogP contribution in [-0.4, -0.2) is 6.61 Å². The molecule has 102 valence electrons. The summed E-state index contributed by atoms with van der Waals surface area (Å²) >= 11 is 0. The summed E-state index contributed by atoms with van der Waals surface area (Å²) in [6.07, 6.45) is 6.74. The Kier molecular flexibility index (Phi) is 4.75. The second kappa shape index (κ2) is 6.93. The van der Waals surface area contributed by atoms with Gasteiger partial charge < -0.3 is 4.74 Å². The van der Waals surface area contributed by atoms with E-state index in [1.165, 1.54) is 6.07 Å². The first-order valence-electron chi connectivity index (χ1n) is 6.27. The van der Waals surface area contributed by atoms with E-state index < -0.39 is 5.82 Å². The third-order valence-electron chi connectivity index (χ3n) is 2.80. The second-order valence-electron chi connectivity index (χ2n) is 4.21. The molecule has 0 aliphatic heterocycles. The summed E-state index contributed by atoms with van der Waals surface area (Å²) in [6.45, 7) is 0.202. The third-order valence-corrected chi connectivity index (χ3v) is 2.80. The highest BCUT2D eigenvalue weighted by Gasteiger charge is 2.06. The molecule has 0 atom stereocenters. The number of halogens is 1. The average molecular weight is 277 g/mol. The van der Waals surface area contributed by atoms with Gasteiger partial charge in [-0.2, -0.15) is 5.26 Å². The van der Waals surface area contributed by atoms with Crippen LogP contribution >= 0.6 is 0 Å². The van der Waals surface area contributed by atoms with E-state index in [4.69, 9.17) is 11.2 Å². The van der Waals surface area contributed by atoms with E-state index in [2.05, 4.69) is 5.92 Å². The van der Waals surface area contributed by atoms with E-state index in [9.17, 15) is 9.65 Å². The highest BCUT2D eigenvalue weighted by atomic mass is 19.1. The van der Waals surface area contributed by atoms with Crippen LogP contribution in [-0.2, 0) is 0 Å². The van der Waals surface area contributed by atoms with Gasteiger partial charge >= 0.3 is 0 Å². The zero-order valence-electron chi connectivity index (χ0n) is 11.2. The average Bonchev–Trinajstić information content (AvgIpc) is 2.52. The maximum atomic E-state index is 13.7. The van der Waals surface area contributed by atoms with Gasteiger partial charge in [-0.15, -0.1) is 6.42 Å². The van der Waals surface area contributed by atoms with Crippen molar-refractivity contribution in [3.05, 3.63) is 65.5 Å². The van der Waals surface area contributed by atoms with Crippen LogP contribution in [0.25, 0.3) is 11.6 Å². The van der Waals surface area contributed by atoms with Gasteiger partial charge in [-0.3, -0.25) is 0 Å². The summed E-state index contributed by atoms with van der Waals surface area (Å²) in [7, 11) is 0. The third kappa shape index (κ3) is 3.72. The number of benzene rings is 2. The number of rotatable bonds is 4. The predicted octanol–water partition coefficient (Wildman–Crippen LogP) is 3.90. The lowest BCUT2D eigenvalue weighted by Gasteiger charge is -2.03. The normalized spacial score (nSPS) is 10.5. The fourth-order valence-electron chi connectivity index (χ4n) is 1.80. The minimum absolute atomic E-state index is 0.202. The first kappa shape index (κ1) is 14.4. The predicted molar refractivity (Wildman–Crippen MR) is 80.7 cm³/mol. The van der Waals surface area contributed by atoms with Gasteiger partial charge in [0.1, 0.15) is 18.2 Å². The Morgan fingerprint density at radius 3 is 2.52 bits per heavy atom. The van der Waals surface area contributed by atoms with Crippen molar-refractivity contribution >= 4 is 11.6 Å². The van der Waals surface area contributed by atoms with Gasteiger partial charge in [0.05, 0.1) is 11.6 Å². The van der Waals surface area contributed by atoms with Crippen LogP contribution in [0.3, 0.4) is 0 Å². The summed E-state index contributed by atoms with van der Waals surface area (Å²) < 4.78 is 19.0. The number of ether oxygens (including phenoxy) is 1. The summed E-state index contributed by atoms with van der Waals surface area (Å²) in [5.41, 5.74) is 1.33. The first-order chi connectivity index (χ1) is 10.2.